The predicted octanol–water partition coefficient (Wildman–Crippen LogP) is 2.64. The molecule has 6 heteroatoms. The Bertz CT molecular complexity index is 534. The number of rotatable bonds is 5. The Kier molecular flexibility index (Phi) is 4.22. The molecule has 2 aromatic rings. The number of nitrogens with zero attached hydrogens (tertiary/aromatic N) is 3. The van der Waals surface area contributed by atoms with Gasteiger partial charge in [0.2, 0.25) is 5.89 Å². The Morgan fingerprint density at radius 2 is 2.15 bits per heavy atom. The van der Waals surface area contributed by atoms with E-state index in [1.807, 2.05) is 39.8 Å². The van der Waals surface area contributed by atoms with Crippen molar-refractivity contribution in [2.75, 3.05) is 11.9 Å². The van der Waals surface area contributed by atoms with Crippen LogP contribution in [0.4, 0.5) is 6.01 Å². The minimum absolute atomic E-state index is 0.0378. The molecule has 0 radical (unpaired) electrons. The minimum Gasteiger partial charge on any atom is -0.487 e. The van der Waals surface area contributed by atoms with Crippen molar-refractivity contribution in [3.63, 3.8) is 0 Å². The van der Waals surface area contributed by atoms with Gasteiger partial charge in [0.15, 0.2) is 0 Å². The molecule has 1 N–H and O–H groups in total. The van der Waals surface area contributed by atoms with Crippen LogP contribution in [0.25, 0.3) is 0 Å². The molecule has 0 aromatic carbocycles. The second-order valence-electron chi connectivity index (χ2n) is 5.66. The molecular weight excluding hydrogens is 256 g/mol. The first kappa shape index (κ1) is 14.3. The topological polar surface area (TPSA) is 73.1 Å². The second kappa shape index (κ2) is 5.90. The maximum atomic E-state index is 5.70. The smallest absolute Gasteiger partial charge is 0.315 e. The van der Waals surface area contributed by atoms with E-state index in [2.05, 4.69) is 20.5 Å². The van der Waals surface area contributed by atoms with Crippen molar-refractivity contribution < 1.29 is 9.15 Å². The summed E-state index contributed by atoms with van der Waals surface area (Å²) in [6.07, 6.45) is 3.35. The van der Waals surface area contributed by atoms with E-state index in [9.17, 15) is 0 Å². The van der Waals surface area contributed by atoms with Crippen LogP contribution in [0.3, 0.4) is 0 Å². The quantitative estimate of drug-likeness (QED) is 0.905. The molecule has 1 atom stereocenters. The van der Waals surface area contributed by atoms with E-state index in [1.165, 1.54) is 0 Å². The molecule has 0 aliphatic heterocycles. The molecule has 2 heterocycles. The van der Waals surface area contributed by atoms with Gasteiger partial charge >= 0.3 is 6.01 Å². The highest BCUT2D eigenvalue weighted by Gasteiger charge is 2.21. The summed E-state index contributed by atoms with van der Waals surface area (Å²) in [4.78, 5) is 4.00. The highest BCUT2D eigenvalue weighted by atomic mass is 16.5. The first-order valence-electron chi connectivity index (χ1n) is 6.59. The SMILES string of the molecule is C[C@@H](CNc1nnc(C(C)(C)C)o1)Oc1cccnc1. The lowest BCUT2D eigenvalue weighted by Gasteiger charge is -2.14. The summed E-state index contributed by atoms with van der Waals surface area (Å²) in [5, 5.41) is 11.1. The summed E-state index contributed by atoms with van der Waals surface area (Å²) in [5.74, 6) is 1.35. The van der Waals surface area contributed by atoms with Gasteiger partial charge in [-0.25, -0.2) is 0 Å². The van der Waals surface area contributed by atoms with Gasteiger partial charge in [-0.2, -0.15) is 0 Å². The van der Waals surface area contributed by atoms with Crippen molar-refractivity contribution in [3.8, 4) is 5.75 Å². The molecular formula is C14H20N4O2. The summed E-state index contributed by atoms with van der Waals surface area (Å²) in [6.45, 7) is 8.61. The monoisotopic (exact) mass is 276 g/mol. The molecule has 0 bridgehead atoms. The third-order valence-electron chi connectivity index (χ3n) is 2.58. The Labute approximate surface area is 118 Å². The zero-order valence-electron chi connectivity index (χ0n) is 12.3. The Hall–Kier alpha value is -2.11. The molecule has 0 saturated carbocycles. The molecule has 0 aliphatic rings. The van der Waals surface area contributed by atoms with Crippen LogP contribution in [0.2, 0.25) is 0 Å². The fourth-order valence-corrected chi connectivity index (χ4v) is 1.52. The first-order valence-corrected chi connectivity index (χ1v) is 6.59. The number of hydrogen-bond acceptors (Lipinski definition) is 6. The van der Waals surface area contributed by atoms with Gasteiger partial charge in [0.1, 0.15) is 11.9 Å². The summed E-state index contributed by atoms with van der Waals surface area (Å²) < 4.78 is 11.2. The van der Waals surface area contributed by atoms with Crippen molar-refractivity contribution in [1.82, 2.24) is 15.2 Å². The van der Waals surface area contributed by atoms with E-state index >= 15 is 0 Å². The van der Waals surface area contributed by atoms with Gasteiger partial charge in [-0.3, -0.25) is 4.98 Å². The average Bonchev–Trinajstić information content (AvgIpc) is 2.86. The standard InChI is InChI=1S/C14H20N4O2/c1-10(19-11-6-5-7-15-9-11)8-16-13-18-17-12(20-13)14(2,3)4/h5-7,9-10H,8H2,1-4H3,(H,16,18)/t10-/m0/s1. The van der Waals surface area contributed by atoms with Crippen LogP contribution < -0.4 is 10.1 Å². The third-order valence-corrected chi connectivity index (χ3v) is 2.58. The van der Waals surface area contributed by atoms with Crippen LogP contribution in [0, 0.1) is 0 Å². The lowest BCUT2D eigenvalue weighted by molar-refractivity contribution is 0.232. The van der Waals surface area contributed by atoms with E-state index in [1.54, 1.807) is 12.4 Å². The molecule has 0 spiro atoms. The van der Waals surface area contributed by atoms with Gasteiger partial charge in [0, 0.05) is 11.6 Å². The van der Waals surface area contributed by atoms with E-state index in [0.717, 1.165) is 5.75 Å². The molecule has 0 aliphatic carbocycles. The van der Waals surface area contributed by atoms with E-state index < -0.39 is 0 Å². The molecule has 6 nitrogen and oxygen atoms in total. The molecule has 0 saturated heterocycles. The zero-order valence-corrected chi connectivity index (χ0v) is 12.3. The Balaban J connectivity index is 1.84. The molecule has 2 aromatic heterocycles. The second-order valence-corrected chi connectivity index (χ2v) is 5.66. The van der Waals surface area contributed by atoms with Gasteiger partial charge < -0.3 is 14.5 Å². The lowest BCUT2D eigenvalue weighted by atomic mass is 9.97. The Morgan fingerprint density at radius 3 is 2.75 bits per heavy atom. The van der Waals surface area contributed by atoms with E-state index in [0.29, 0.717) is 18.5 Å². The summed E-state index contributed by atoms with van der Waals surface area (Å²) in [7, 11) is 0. The van der Waals surface area contributed by atoms with Gasteiger partial charge in [-0.15, -0.1) is 5.10 Å². The Morgan fingerprint density at radius 1 is 1.35 bits per heavy atom. The third kappa shape index (κ3) is 3.94. The van der Waals surface area contributed by atoms with Gasteiger partial charge in [-0.1, -0.05) is 25.9 Å². The van der Waals surface area contributed by atoms with Crippen molar-refractivity contribution >= 4 is 6.01 Å². The molecule has 0 fully saturated rings. The van der Waals surface area contributed by atoms with Crippen LogP contribution in [-0.2, 0) is 5.41 Å². The molecule has 20 heavy (non-hydrogen) atoms. The molecule has 0 unspecified atom stereocenters. The minimum atomic E-state index is -0.148. The first-order chi connectivity index (χ1) is 9.45. The van der Waals surface area contributed by atoms with E-state index in [4.69, 9.17) is 9.15 Å². The number of aromatic nitrogens is 3. The molecule has 0 amide bonds. The van der Waals surface area contributed by atoms with Gasteiger partial charge in [-0.05, 0) is 19.1 Å². The van der Waals surface area contributed by atoms with Crippen molar-refractivity contribution in [2.45, 2.75) is 39.2 Å². The zero-order chi connectivity index (χ0) is 14.6. The molecule has 108 valence electrons. The van der Waals surface area contributed by atoms with Crippen LogP contribution in [-0.4, -0.2) is 27.8 Å². The van der Waals surface area contributed by atoms with Gasteiger partial charge in [0.25, 0.3) is 0 Å². The fourth-order valence-electron chi connectivity index (χ4n) is 1.52. The number of anilines is 1. The average molecular weight is 276 g/mol. The number of hydrogen-bond donors (Lipinski definition) is 1. The highest BCUT2D eigenvalue weighted by Crippen LogP contribution is 2.21. The molecule has 2 rings (SSSR count). The van der Waals surface area contributed by atoms with Crippen molar-refractivity contribution in [1.29, 1.82) is 0 Å². The van der Waals surface area contributed by atoms with Crippen LogP contribution in [0.15, 0.2) is 28.9 Å². The summed E-state index contributed by atoms with van der Waals surface area (Å²) in [5.41, 5.74) is -0.148. The van der Waals surface area contributed by atoms with Gasteiger partial charge in [0.05, 0.1) is 12.7 Å². The number of nitrogens with one attached hydrogen (secondary N) is 1. The maximum absolute atomic E-state index is 5.70. The summed E-state index contributed by atoms with van der Waals surface area (Å²) >= 11 is 0. The number of ether oxygens (including phenoxy) is 1. The lowest BCUT2D eigenvalue weighted by Crippen LogP contribution is -2.22. The maximum Gasteiger partial charge on any atom is 0.315 e. The predicted molar refractivity (Wildman–Crippen MR) is 75.8 cm³/mol. The van der Waals surface area contributed by atoms with Crippen LogP contribution in [0.5, 0.6) is 5.75 Å². The van der Waals surface area contributed by atoms with Crippen molar-refractivity contribution in [2.24, 2.45) is 0 Å². The summed E-state index contributed by atoms with van der Waals surface area (Å²) in [6, 6.07) is 4.12. The van der Waals surface area contributed by atoms with E-state index in [-0.39, 0.29) is 11.5 Å². The van der Waals surface area contributed by atoms with Crippen LogP contribution >= 0.6 is 0 Å². The fraction of sp³-hybridized carbons (Fsp3) is 0.500. The number of pyridine rings is 1. The normalized spacial score (nSPS) is 13.0. The van der Waals surface area contributed by atoms with Crippen LogP contribution in [0.1, 0.15) is 33.6 Å². The largest absolute Gasteiger partial charge is 0.487 e. The van der Waals surface area contributed by atoms with Crippen molar-refractivity contribution in [3.05, 3.63) is 30.4 Å². The highest BCUT2D eigenvalue weighted by molar-refractivity contribution is 5.20.